The summed E-state index contributed by atoms with van der Waals surface area (Å²) in [4.78, 5) is 154. The van der Waals surface area contributed by atoms with Gasteiger partial charge in [0.1, 0.15) is 11.4 Å². The fraction of sp³-hybridized carbons (Fsp3) is 0.449. The van der Waals surface area contributed by atoms with Gasteiger partial charge in [-0.15, -0.1) is 0 Å². The number of benzene rings is 2. The zero-order valence-electron chi connectivity index (χ0n) is 66.3. The molecule has 2 aliphatic rings. The van der Waals surface area contributed by atoms with Crippen LogP contribution in [-0.2, 0) is 101 Å². The Morgan fingerprint density at radius 2 is 0.906 bits per heavy atom. The molecule has 10 N–H and O–H groups in total. The number of carbonyl (C=O) groups excluding carboxylic acids is 10. The van der Waals surface area contributed by atoms with Gasteiger partial charge in [-0.25, -0.2) is 24.9 Å². The van der Waals surface area contributed by atoms with E-state index in [9.17, 15) is 53.1 Å². The summed E-state index contributed by atoms with van der Waals surface area (Å²) >= 11 is 0. The number of fused-ring (bicyclic) bond motifs is 1. The number of rotatable bonds is 48. The molecule has 626 valence electrons. The van der Waals surface area contributed by atoms with Gasteiger partial charge in [0.15, 0.2) is 17.5 Å². The highest BCUT2D eigenvalue weighted by Gasteiger charge is 2.43. The van der Waals surface area contributed by atoms with Crippen molar-refractivity contribution in [1.82, 2.24) is 74.3 Å². The van der Waals surface area contributed by atoms with Gasteiger partial charge < -0.3 is 119 Å². The van der Waals surface area contributed by atoms with E-state index < -0.39 is 47.3 Å². The lowest BCUT2D eigenvalue weighted by molar-refractivity contribution is -0.121. The maximum Gasteiger partial charge on any atom is 0.291 e. The van der Waals surface area contributed by atoms with Crippen molar-refractivity contribution in [2.45, 2.75) is 58.2 Å². The summed E-state index contributed by atoms with van der Waals surface area (Å²) in [6.45, 7) is 8.10. The number of imidazole rings is 3. The number of aliphatic hydroxyl groups excluding tert-OH is 1. The van der Waals surface area contributed by atoms with Crippen LogP contribution in [0.3, 0.4) is 0 Å². The van der Waals surface area contributed by atoms with E-state index in [1.165, 1.54) is 55.2 Å². The van der Waals surface area contributed by atoms with Crippen LogP contribution in [0.4, 0.5) is 34.4 Å². The molecule has 2 aromatic carbocycles. The molecular weight excluding hydrogens is 1520 g/mol. The quantitative estimate of drug-likeness (QED) is 0.0245. The Morgan fingerprint density at radius 3 is 1.39 bits per heavy atom. The SMILES string of the molecule is CC(=O)N1c2ccc(-c3cnc(C(=O)NCCOCCOCCOCCOCCOCCOCCOCCNC(=O)CCNC(=O)c4nc(NC(=O)CCNC(=O)c5cc(NC(=O)c6nc(NC(=O)CCNC(=O)c7cc(NC(=O)c8nccn8C)cn7C)cn6C)cn5C)cn4C)nc3)cc2N(Cc2ccccc2CO)C[C@@H]1C1CC1. The average Bonchev–Trinajstić information content (AvgIpc) is 1.72. The lowest BCUT2D eigenvalue weighted by Gasteiger charge is -2.44. The van der Waals surface area contributed by atoms with E-state index in [2.05, 4.69) is 77.7 Å². The lowest BCUT2D eigenvalue weighted by Crippen LogP contribution is -2.52. The maximum atomic E-state index is 13.3. The molecule has 1 saturated carbocycles. The molecule has 10 rings (SSSR count). The van der Waals surface area contributed by atoms with Crippen molar-refractivity contribution >= 4 is 93.5 Å². The number of amides is 10. The molecule has 39 nitrogen and oxygen atoms in total. The Hall–Kier alpha value is -12.1. The lowest BCUT2D eigenvalue weighted by atomic mass is 9.98. The van der Waals surface area contributed by atoms with Gasteiger partial charge in [-0.1, -0.05) is 30.3 Å². The number of carbonyl (C=O) groups is 10. The van der Waals surface area contributed by atoms with Crippen LogP contribution in [0, 0.1) is 5.92 Å². The topological polar surface area (TPSA) is 459 Å². The minimum Gasteiger partial charge on any atom is -0.392 e. The number of ether oxygens (including phenoxy) is 7. The first-order chi connectivity index (χ1) is 56.6. The minimum atomic E-state index is -0.642. The Bertz CT molecular complexity index is 4720. The summed E-state index contributed by atoms with van der Waals surface area (Å²) < 4.78 is 46.3. The predicted octanol–water partition coefficient (Wildman–Crippen LogP) is 2.47. The first-order valence-electron chi connectivity index (χ1n) is 38.3. The molecule has 0 spiro atoms. The van der Waals surface area contributed by atoms with Gasteiger partial charge in [0, 0.05) is 162 Å². The third-order valence-corrected chi connectivity index (χ3v) is 18.6. The van der Waals surface area contributed by atoms with Crippen molar-refractivity contribution in [1.29, 1.82) is 0 Å². The summed E-state index contributed by atoms with van der Waals surface area (Å²) in [5, 5.41) is 34.2. The summed E-state index contributed by atoms with van der Waals surface area (Å²) in [6.07, 6.45) is 14.2. The molecule has 1 atom stereocenters. The number of nitrogens with zero attached hydrogens (tertiary/aromatic N) is 12. The fourth-order valence-electron chi connectivity index (χ4n) is 12.6. The molecule has 7 heterocycles. The van der Waals surface area contributed by atoms with E-state index >= 15 is 0 Å². The first-order valence-corrected chi connectivity index (χ1v) is 38.3. The second-order valence-corrected chi connectivity index (χ2v) is 27.4. The number of hydrogen-bond acceptors (Lipinski definition) is 24. The van der Waals surface area contributed by atoms with Crippen molar-refractivity contribution < 1.29 is 86.2 Å². The van der Waals surface area contributed by atoms with Crippen LogP contribution >= 0.6 is 0 Å². The highest BCUT2D eigenvalue weighted by atomic mass is 16.6. The molecule has 0 saturated heterocycles. The van der Waals surface area contributed by atoms with Crippen LogP contribution in [0.1, 0.15) is 114 Å². The Kier molecular flexibility index (Phi) is 32.9. The highest BCUT2D eigenvalue weighted by molar-refractivity contribution is 6.05. The van der Waals surface area contributed by atoms with Gasteiger partial charge in [0.2, 0.25) is 41.1 Å². The summed E-state index contributed by atoms with van der Waals surface area (Å²) in [6, 6.07) is 16.8. The monoisotopic (exact) mass is 1620 g/mol. The largest absolute Gasteiger partial charge is 0.392 e. The van der Waals surface area contributed by atoms with Crippen molar-refractivity contribution in [2.24, 2.45) is 41.2 Å². The van der Waals surface area contributed by atoms with E-state index in [4.69, 9.17) is 33.2 Å². The summed E-state index contributed by atoms with van der Waals surface area (Å²) in [5.41, 5.74) is 6.25. The molecule has 8 aromatic rings. The summed E-state index contributed by atoms with van der Waals surface area (Å²) in [7, 11) is 8.03. The second-order valence-electron chi connectivity index (χ2n) is 27.4. The number of aliphatic hydroxyl groups is 1. The first kappa shape index (κ1) is 87.3. The predicted molar refractivity (Wildman–Crippen MR) is 426 cm³/mol. The maximum absolute atomic E-state index is 13.3. The zero-order valence-corrected chi connectivity index (χ0v) is 66.3. The number of nitrogens with one attached hydrogen (secondary N) is 9. The average molecular weight is 1620 g/mol. The Morgan fingerprint density at radius 1 is 0.444 bits per heavy atom. The van der Waals surface area contributed by atoms with Crippen LogP contribution in [-0.4, -0.2) is 250 Å². The van der Waals surface area contributed by atoms with E-state index in [1.807, 2.05) is 47.4 Å². The molecule has 39 heteroatoms. The van der Waals surface area contributed by atoms with E-state index in [0.29, 0.717) is 104 Å². The highest BCUT2D eigenvalue weighted by Crippen LogP contribution is 2.46. The third kappa shape index (κ3) is 26.2. The van der Waals surface area contributed by atoms with E-state index in [1.54, 1.807) is 71.5 Å². The van der Waals surface area contributed by atoms with Gasteiger partial charge in [0.25, 0.3) is 35.4 Å². The van der Waals surface area contributed by atoms with Gasteiger partial charge >= 0.3 is 0 Å². The molecular formula is C78H101N21O18. The van der Waals surface area contributed by atoms with Crippen LogP contribution in [0.25, 0.3) is 11.1 Å². The van der Waals surface area contributed by atoms with Gasteiger partial charge in [0.05, 0.1) is 128 Å². The van der Waals surface area contributed by atoms with Crippen LogP contribution in [0.15, 0.2) is 104 Å². The second kappa shape index (κ2) is 44.1. The van der Waals surface area contributed by atoms with Crippen molar-refractivity contribution in [2.75, 3.05) is 163 Å². The van der Waals surface area contributed by atoms with Crippen molar-refractivity contribution in [3.63, 3.8) is 0 Å². The van der Waals surface area contributed by atoms with Gasteiger partial charge in [-0.3, -0.25) is 47.9 Å². The molecule has 6 aromatic heterocycles. The molecule has 0 bridgehead atoms. The smallest absolute Gasteiger partial charge is 0.291 e. The minimum absolute atomic E-state index is 0.00432. The molecule has 0 radical (unpaired) electrons. The zero-order chi connectivity index (χ0) is 83.2. The van der Waals surface area contributed by atoms with E-state index in [-0.39, 0.29) is 142 Å². The standard InChI is InChI=1S/C78H101N21O18/c1-51(101)99-59-14-13-53(39-60(59)98(47-63(99)52-11-12-52)44-54-9-7-8-10-55(54)50-100)56-42-85-69(86-43-56)75(107)84-23-26-112-28-30-114-32-34-116-36-38-117-37-35-115-33-31-113-29-27-111-25-22-79-66(102)15-18-83-76(108)71-91-64(48-96(71)5)89-67(103)16-19-82-74(106)62-41-58(46-95(62)4)88-78(110)72-92-65(49-97(72)6)90-68(104)17-20-81-73(105)61-40-57(45-94(61)3)87-77(109)70-80-21-24-93(70)2/h7-10,13-14,21,24,39-43,45-46,48-49,52,63,100H,11-12,15-20,22-23,25-38,44,47,50H2,1-6H3,(H,79,102)(H,81,105)(H,82,106)(H,83,108)(H,84,107)(H,87,109)(H,88,110)(H,89,103)(H,90,104)/t63-/m1/s1. The Balaban J connectivity index is 0.480. The number of anilines is 6. The molecule has 1 fully saturated rings. The molecule has 1 aliphatic heterocycles. The van der Waals surface area contributed by atoms with Crippen LogP contribution < -0.4 is 57.7 Å². The van der Waals surface area contributed by atoms with Crippen molar-refractivity contribution in [3.05, 3.63) is 150 Å². The molecule has 117 heavy (non-hydrogen) atoms. The third-order valence-electron chi connectivity index (χ3n) is 18.6. The van der Waals surface area contributed by atoms with Crippen LogP contribution in [0.2, 0.25) is 0 Å². The molecule has 0 unspecified atom stereocenters. The molecule has 1 aliphatic carbocycles. The van der Waals surface area contributed by atoms with Crippen LogP contribution in [0.5, 0.6) is 0 Å². The molecule has 10 amide bonds. The van der Waals surface area contributed by atoms with Gasteiger partial charge in [-0.05, 0) is 59.7 Å². The summed E-state index contributed by atoms with van der Waals surface area (Å²) in [5.74, 6) is -3.62. The van der Waals surface area contributed by atoms with Gasteiger partial charge in [-0.2, -0.15) is 0 Å². The number of aryl methyl sites for hydroxylation is 5. The van der Waals surface area contributed by atoms with E-state index in [0.717, 1.165) is 46.5 Å². The fourth-order valence-corrected chi connectivity index (χ4v) is 12.6. The number of hydrogen-bond donors (Lipinski definition) is 10. The van der Waals surface area contributed by atoms with Crippen molar-refractivity contribution in [3.8, 4) is 11.1 Å². The number of aromatic nitrogens is 10. The Labute approximate surface area is 674 Å². The normalized spacial score (nSPS) is 13.0.